The van der Waals surface area contributed by atoms with E-state index in [1.807, 2.05) is 12.1 Å². The highest BCUT2D eigenvalue weighted by molar-refractivity contribution is 7.80. The van der Waals surface area contributed by atoms with Crippen molar-refractivity contribution in [3.63, 3.8) is 0 Å². The minimum Gasteiger partial charge on any atom is -0.496 e. The van der Waals surface area contributed by atoms with E-state index >= 15 is 0 Å². The molecule has 148 valence electrons. The largest absolute Gasteiger partial charge is 0.496 e. The van der Waals surface area contributed by atoms with Gasteiger partial charge in [0.2, 0.25) is 5.91 Å². The maximum atomic E-state index is 12.4. The Balaban J connectivity index is 2.03. The van der Waals surface area contributed by atoms with Crippen molar-refractivity contribution in [1.29, 1.82) is 0 Å². The van der Waals surface area contributed by atoms with Crippen molar-refractivity contribution >= 4 is 34.8 Å². The Labute approximate surface area is 170 Å². The Kier molecular flexibility index (Phi) is 6.75. The highest BCUT2D eigenvalue weighted by Crippen LogP contribution is 2.24. The molecule has 0 saturated heterocycles. The summed E-state index contributed by atoms with van der Waals surface area (Å²) in [6, 6.07) is 12.6. The van der Waals surface area contributed by atoms with Crippen LogP contribution in [0.1, 0.15) is 42.3 Å². The van der Waals surface area contributed by atoms with Crippen LogP contribution in [0.2, 0.25) is 0 Å². The van der Waals surface area contributed by atoms with Gasteiger partial charge >= 0.3 is 0 Å². The predicted molar refractivity (Wildman–Crippen MR) is 115 cm³/mol. The van der Waals surface area contributed by atoms with Crippen molar-refractivity contribution < 1.29 is 14.3 Å². The van der Waals surface area contributed by atoms with Gasteiger partial charge < -0.3 is 15.8 Å². The zero-order valence-corrected chi connectivity index (χ0v) is 17.3. The molecule has 0 bridgehead atoms. The smallest absolute Gasteiger partial charge is 0.257 e. The second-order valence-corrected chi connectivity index (χ2v) is 7.81. The summed E-state index contributed by atoms with van der Waals surface area (Å²) < 4.78 is 5.28. The first-order chi connectivity index (χ1) is 13.1. The fraction of sp³-hybridized carbons (Fsp3) is 0.286. The Morgan fingerprint density at radius 2 is 1.75 bits per heavy atom. The van der Waals surface area contributed by atoms with Gasteiger partial charge in [-0.2, -0.15) is 0 Å². The molecule has 4 N–H and O–H groups in total. The average Bonchev–Trinajstić information content (AvgIpc) is 2.61. The summed E-state index contributed by atoms with van der Waals surface area (Å²) in [6.07, 6.45) is 0.0786. The lowest BCUT2D eigenvalue weighted by molar-refractivity contribution is -0.117. The van der Waals surface area contributed by atoms with Crippen molar-refractivity contribution in [1.82, 2.24) is 5.32 Å². The highest BCUT2D eigenvalue weighted by Gasteiger charge is 2.15. The van der Waals surface area contributed by atoms with Crippen LogP contribution in [0.15, 0.2) is 42.5 Å². The third-order valence-electron chi connectivity index (χ3n) is 4.15. The fourth-order valence-corrected chi connectivity index (χ4v) is 2.83. The third kappa shape index (κ3) is 5.79. The second-order valence-electron chi connectivity index (χ2n) is 7.41. The van der Waals surface area contributed by atoms with Crippen molar-refractivity contribution in [2.24, 2.45) is 5.73 Å². The van der Waals surface area contributed by atoms with Gasteiger partial charge in [0.1, 0.15) is 5.75 Å². The maximum Gasteiger partial charge on any atom is 0.257 e. The summed E-state index contributed by atoms with van der Waals surface area (Å²) in [6.45, 7) is 6.35. The van der Waals surface area contributed by atoms with Gasteiger partial charge in [-0.1, -0.05) is 39.0 Å². The summed E-state index contributed by atoms with van der Waals surface area (Å²) in [5.74, 6) is -0.231. The molecule has 2 amide bonds. The van der Waals surface area contributed by atoms with Gasteiger partial charge in [0.15, 0.2) is 5.11 Å². The molecule has 2 aromatic carbocycles. The van der Waals surface area contributed by atoms with Gasteiger partial charge in [-0.3, -0.25) is 14.9 Å². The molecular weight excluding hydrogens is 374 g/mol. The van der Waals surface area contributed by atoms with Crippen LogP contribution in [0.3, 0.4) is 0 Å². The number of amides is 2. The summed E-state index contributed by atoms with van der Waals surface area (Å²) >= 11 is 5.22. The van der Waals surface area contributed by atoms with Crippen LogP contribution in [0.5, 0.6) is 5.75 Å². The molecule has 0 unspecified atom stereocenters. The molecule has 0 aliphatic rings. The first-order valence-corrected chi connectivity index (χ1v) is 9.19. The molecule has 0 aliphatic heterocycles. The number of thiocarbonyl (C=S) groups is 1. The van der Waals surface area contributed by atoms with Crippen molar-refractivity contribution in [2.75, 3.05) is 12.4 Å². The van der Waals surface area contributed by atoms with Crippen LogP contribution < -0.4 is 21.1 Å². The molecule has 0 aliphatic carbocycles. The summed E-state index contributed by atoms with van der Waals surface area (Å²) in [7, 11) is 1.50. The van der Waals surface area contributed by atoms with Crippen LogP contribution in [0, 0.1) is 0 Å². The van der Waals surface area contributed by atoms with E-state index < -0.39 is 5.91 Å². The van der Waals surface area contributed by atoms with E-state index in [0.717, 1.165) is 5.56 Å². The lowest BCUT2D eigenvalue weighted by atomic mass is 9.87. The van der Waals surface area contributed by atoms with Crippen LogP contribution in [-0.2, 0) is 16.6 Å². The van der Waals surface area contributed by atoms with E-state index in [1.165, 1.54) is 7.11 Å². The standard InChI is InChI=1S/C21H25N3O3S/c1-21(2,3)15-8-5-13(6-9-15)19(26)24-20(28)23-16-10-7-14(11-18(22)25)17(12-16)27-4/h5-10,12H,11H2,1-4H3,(H2,22,25)(H2,23,24,26,28). The first-order valence-electron chi connectivity index (χ1n) is 8.78. The molecule has 0 atom stereocenters. The van der Waals surface area contributed by atoms with Crippen molar-refractivity contribution in [3.05, 3.63) is 59.2 Å². The molecule has 0 spiro atoms. The van der Waals surface area contributed by atoms with Gasteiger partial charge in [0.25, 0.3) is 5.91 Å². The zero-order chi connectivity index (χ0) is 20.9. The van der Waals surface area contributed by atoms with Gasteiger partial charge in [-0.05, 0) is 41.4 Å². The molecule has 0 aromatic heterocycles. The molecule has 2 rings (SSSR count). The number of anilines is 1. The molecule has 0 saturated carbocycles. The lowest BCUT2D eigenvalue weighted by Crippen LogP contribution is -2.34. The van der Waals surface area contributed by atoms with E-state index in [2.05, 4.69) is 31.4 Å². The van der Waals surface area contributed by atoms with Crippen LogP contribution in [0.4, 0.5) is 5.69 Å². The SMILES string of the molecule is COc1cc(NC(=S)NC(=O)c2ccc(C(C)(C)C)cc2)ccc1CC(N)=O. The number of benzene rings is 2. The van der Waals surface area contributed by atoms with E-state index in [-0.39, 0.29) is 22.9 Å². The Bertz CT molecular complexity index is 887. The number of ether oxygens (including phenoxy) is 1. The van der Waals surface area contributed by atoms with Gasteiger partial charge in [0.05, 0.1) is 13.5 Å². The molecule has 0 heterocycles. The third-order valence-corrected chi connectivity index (χ3v) is 4.35. The minimum atomic E-state index is -0.445. The predicted octanol–water partition coefficient (Wildman–Crippen LogP) is 3.15. The van der Waals surface area contributed by atoms with Crippen LogP contribution >= 0.6 is 12.2 Å². The quantitative estimate of drug-likeness (QED) is 0.672. The molecule has 0 radical (unpaired) electrons. The van der Waals surface area contributed by atoms with Crippen LogP contribution in [-0.4, -0.2) is 24.0 Å². The number of methoxy groups -OCH3 is 1. The highest BCUT2D eigenvalue weighted by atomic mass is 32.1. The summed E-state index contributed by atoms with van der Waals surface area (Å²) in [5.41, 5.74) is 8.22. The number of carbonyl (C=O) groups is 2. The van der Waals surface area contributed by atoms with E-state index in [4.69, 9.17) is 22.7 Å². The number of nitrogens with two attached hydrogens (primary N) is 1. The molecule has 6 nitrogen and oxygen atoms in total. The van der Waals surface area contributed by atoms with Crippen LogP contribution in [0.25, 0.3) is 0 Å². The Hall–Kier alpha value is -2.93. The fourth-order valence-electron chi connectivity index (χ4n) is 2.62. The van der Waals surface area contributed by atoms with Gasteiger partial charge in [-0.15, -0.1) is 0 Å². The molecule has 2 aromatic rings. The zero-order valence-electron chi connectivity index (χ0n) is 16.5. The van der Waals surface area contributed by atoms with Gasteiger partial charge in [-0.25, -0.2) is 0 Å². The molecule has 28 heavy (non-hydrogen) atoms. The number of hydrogen-bond donors (Lipinski definition) is 3. The van der Waals surface area contributed by atoms with Gasteiger partial charge in [0, 0.05) is 22.9 Å². The maximum absolute atomic E-state index is 12.4. The number of carbonyl (C=O) groups excluding carboxylic acids is 2. The number of nitrogens with one attached hydrogen (secondary N) is 2. The first kappa shape index (κ1) is 21.4. The second kappa shape index (κ2) is 8.84. The summed E-state index contributed by atoms with van der Waals surface area (Å²) in [4.78, 5) is 23.5. The Morgan fingerprint density at radius 3 is 2.29 bits per heavy atom. The lowest BCUT2D eigenvalue weighted by Gasteiger charge is -2.19. The number of rotatable bonds is 5. The van der Waals surface area contributed by atoms with E-state index in [9.17, 15) is 9.59 Å². The van der Waals surface area contributed by atoms with Crippen molar-refractivity contribution in [2.45, 2.75) is 32.6 Å². The van der Waals surface area contributed by atoms with Crippen molar-refractivity contribution in [3.8, 4) is 5.75 Å². The topological polar surface area (TPSA) is 93.4 Å². The Morgan fingerprint density at radius 1 is 1.11 bits per heavy atom. The normalized spacial score (nSPS) is 10.9. The monoisotopic (exact) mass is 399 g/mol. The van der Waals surface area contributed by atoms with E-state index in [1.54, 1.807) is 30.3 Å². The number of hydrogen-bond acceptors (Lipinski definition) is 4. The molecule has 0 fully saturated rings. The average molecular weight is 400 g/mol. The van der Waals surface area contributed by atoms with E-state index in [0.29, 0.717) is 22.6 Å². The minimum absolute atomic E-state index is 0.0194. The molecule has 7 heteroatoms. The summed E-state index contributed by atoms with van der Waals surface area (Å²) in [5, 5.41) is 5.75. The molecular formula is C21H25N3O3S. The number of primary amides is 1.